The van der Waals surface area contributed by atoms with Crippen molar-refractivity contribution in [3.05, 3.63) is 137 Å². The Hall–Kier alpha value is -4.68. The number of rotatable bonds is 9. The van der Waals surface area contributed by atoms with Crippen LogP contribution in [0.15, 0.2) is 76.3 Å². The maximum atomic E-state index is 14.7. The number of hydrogen-bond donors (Lipinski definition) is 1. The van der Waals surface area contributed by atoms with Gasteiger partial charge >= 0.3 is 5.69 Å². The molecule has 0 bridgehead atoms. The molecule has 0 amide bonds. The molecule has 2 heterocycles. The van der Waals surface area contributed by atoms with Gasteiger partial charge in [0.1, 0.15) is 17.3 Å². The van der Waals surface area contributed by atoms with E-state index in [4.69, 9.17) is 5.73 Å². The fraction of sp³-hybridized carbons (Fsp3) is 0.312. The standard InChI is InChI=1S/C32H34F2N6O4/c1-21-7-3-4-10-25(21)29(35)20-39-31(41)30(22(2)38(32(39)42)19-26-27(33)11-6-12-28(26)34)37-15-13-36(14-16-37)18-23-8-5-9-24(17-23)40(43)44/h3-12,17,29H,13-16,18-20,35H2,1-2H3. The molecular formula is C32H34F2N6O4. The monoisotopic (exact) mass is 604 g/mol. The second-order valence-corrected chi connectivity index (χ2v) is 11.1. The largest absolute Gasteiger partial charge is 0.363 e. The number of nitrogens with zero attached hydrogens (tertiary/aromatic N) is 5. The predicted octanol–water partition coefficient (Wildman–Crippen LogP) is 3.88. The lowest BCUT2D eigenvalue weighted by Gasteiger charge is -2.37. The van der Waals surface area contributed by atoms with E-state index >= 15 is 0 Å². The Balaban J connectivity index is 1.49. The summed E-state index contributed by atoms with van der Waals surface area (Å²) in [6, 6.07) is 16.7. The average molecular weight is 605 g/mol. The van der Waals surface area contributed by atoms with E-state index in [2.05, 4.69) is 4.90 Å². The van der Waals surface area contributed by atoms with Gasteiger partial charge in [-0.05, 0) is 42.7 Å². The number of nitrogens with two attached hydrogens (primary N) is 1. The van der Waals surface area contributed by atoms with Crippen LogP contribution in [0.2, 0.25) is 0 Å². The molecule has 0 spiro atoms. The SMILES string of the molecule is Cc1ccccc1C(N)Cn1c(=O)c(N2CCN(Cc3cccc([N+](=O)[O-])c3)CC2)c(C)n(Cc2c(F)cccc2F)c1=O. The molecule has 230 valence electrons. The van der Waals surface area contributed by atoms with Crippen LogP contribution in [0.4, 0.5) is 20.2 Å². The molecule has 10 nitrogen and oxygen atoms in total. The third kappa shape index (κ3) is 6.31. The molecule has 12 heteroatoms. The fourth-order valence-corrected chi connectivity index (χ4v) is 5.79. The molecule has 0 aliphatic carbocycles. The number of halogens is 2. The van der Waals surface area contributed by atoms with Gasteiger partial charge in [0, 0.05) is 62.2 Å². The van der Waals surface area contributed by atoms with E-state index in [1.807, 2.05) is 42.2 Å². The first kappa shape index (κ1) is 30.8. The number of piperazine rings is 1. The van der Waals surface area contributed by atoms with Gasteiger partial charge in [-0.1, -0.05) is 42.5 Å². The van der Waals surface area contributed by atoms with Crippen LogP contribution < -0.4 is 21.9 Å². The summed E-state index contributed by atoms with van der Waals surface area (Å²) in [5.74, 6) is -1.58. The van der Waals surface area contributed by atoms with Crippen molar-refractivity contribution in [2.75, 3.05) is 31.1 Å². The van der Waals surface area contributed by atoms with Crippen molar-refractivity contribution in [1.82, 2.24) is 14.0 Å². The first-order chi connectivity index (χ1) is 21.0. The van der Waals surface area contributed by atoms with Crippen molar-refractivity contribution in [3.8, 4) is 0 Å². The van der Waals surface area contributed by atoms with Gasteiger partial charge in [0.25, 0.3) is 11.2 Å². The summed E-state index contributed by atoms with van der Waals surface area (Å²) in [4.78, 5) is 42.6. The Labute approximate surface area is 252 Å². The van der Waals surface area contributed by atoms with Crippen LogP contribution in [0, 0.1) is 35.6 Å². The van der Waals surface area contributed by atoms with Gasteiger partial charge < -0.3 is 10.6 Å². The molecule has 0 radical (unpaired) electrons. The zero-order chi connectivity index (χ0) is 31.5. The Morgan fingerprint density at radius 2 is 1.55 bits per heavy atom. The summed E-state index contributed by atoms with van der Waals surface area (Å²) >= 11 is 0. The number of aromatic nitrogens is 2. The number of non-ortho nitro benzene ring substituents is 1. The van der Waals surface area contributed by atoms with Gasteiger partial charge in [-0.3, -0.25) is 28.9 Å². The second-order valence-electron chi connectivity index (χ2n) is 11.1. The second kappa shape index (κ2) is 12.9. The Morgan fingerprint density at radius 1 is 0.886 bits per heavy atom. The molecule has 0 saturated carbocycles. The van der Waals surface area contributed by atoms with E-state index in [9.17, 15) is 28.5 Å². The van der Waals surface area contributed by atoms with E-state index in [-0.39, 0.29) is 23.5 Å². The first-order valence-corrected chi connectivity index (χ1v) is 14.3. The zero-order valence-corrected chi connectivity index (χ0v) is 24.6. The smallest absolute Gasteiger partial charge is 0.331 e. The third-order valence-electron chi connectivity index (χ3n) is 8.22. The lowest BCUT2D eigenvalue weighted by atomic mass is 10.0. The molecule has 1 aliphatic heterocycles. The van der Waals surface area contributed by atoms with E-state index in [1.165, 1.54) is 16.7 Å². The Kier molecular flexibility index (Phi) is 9.02. The highest BCUT2D eigenvalue weighted by molar-refractivity contribution is 5.50. The van der Waals surface area contributed by atoms with E-state index in [0.29, 0.717) is 38.4 Å². The molecule has 1 aromatic heterocycles. The summed E-state index contributed by atoms with van der Waals surface area (Å²) in [5.41, 5.74) is 8.10. The summed E-state index contributed by atoms with van der Waals surface area (Å²) in [6.45, 7) is 5.43. The van der Waals surface area contributed by atoms with Crippen LogP contribution in [0.5, 0.6) is 0 Å². The van der Waals surface area contributed by atoms with Crippen molar-refractivity contribution >= 4 is 11.4 Å². The molecule has 5 rings (SSSR count). The molecule has 3 aromatic carbocycles. The topological polar surface area (TPSA) is 120 Å². The van der Waals surface area contributed by atoms with Gasteiger partial charge in [0.05, 0.1) is 18.0 Å². The van der Waals surface area contributed by atoms with Crippen LogP contribution >= 0.6 is 0 Å². The van der Waals surface area contributed by atoms with E-state index in [0.717, 1.165) is 33.4 Å². The van der Waals surface area contributed by atoms with Crippen LogP contribution in [-0.2, 0) is 19.6 Å². The van der Waals surface area contributed by atoms with Crippen molar-refractivity contribution in [3.63, 3.8) is 0 Å². The maximum absolute atomic E-state index is 14.7. The highest BCUT2D eigenvalue weighted by atomic mass is 19.1. The van der Waals surface area contributed by atoms with Crippen LogP contribution in [0.25, 0.3) is 0 Å². The van der Waals surface area contributed by atoms with Crippen LogP contribution in [0.1, 0.15) is 34.0 Å². The number of nitro groups is 1. The molecule has 1 saturated heterocycles. The van der Waals surface area contributed by atoms with Crippen molar-refractivity contribution in [2.24, 2.45) is 5.73 Å². The van der Waals surface area contributed by atoms with E-state index < -0.39 is 40.4 Å². The molecule has 1 fully saturated rings. The van der Waals surface area contributed by atoms with Gasteiger partial charge in [-0.2, -0.15) is 0 Å². The van der Waals surface area contributed by atoms with Gasteiger partial charge in [0.2, 0.25) is 0 Å². The first-order valence-electron chi connectivity index (χ1n) is 14.3. The highest BCUT2D eigenvalue weighted by Gasteiger charge is 2.27. The zero-order valence-electron chi connectivity index (χ0n) is 24.6. The van der Waals surface area contributed by atoms with Crippen molar-refractivity contribution < 1.29 is 13.7 Å². The highest BCUT2D eigenvalue weighted by Crippen LogP contribution is 2.22. The minimum atomic E-state index is -0.790. The summed E-state index contributed by atoms with van der Waals surface area (Å²) in [5, 5.41) is 11.2. The van der Waals surface area contributed by atoms with Crippen molar-refractivity contribution in [1.29, 1.82) is 0 Å². The average Bonchev–Trinajstić information content (AvgIpc) is 3.00. The Bertz CT molecular complexity index is 1790. The third-order valence-corrected chi connectivity index (χ3v) is 8.22. The lowest BCUT2D eigenvalue weighted by molar-refractivity contribution is -0.384. The van der Waals surface area contributed by atoms with Gasteiger partial charge in [0.15, 0.2) is 0 Å². The minimum Gasteiger partial charge on any atom is -0.363 e. The van der Waals surface area contributed by atoms with Crippen LogP contribution in [0.3, 0.4) is 0 Å². The normalized spacial score (nSPS) is 14.5. The number of nitro benzene ring substituents is 1. The Morgan fingerprint density at radius 3 is 2.20 bits per heavy atom. The quantitative estimate of drug-likeness (QED) is 0.228. The molecule has 2 N–H and O–H groups in total. The summed E-state index contributed by atoms with van der Waals surface area (Å²) in [7, 11) is 0. The van der Waals surface area contributed by atoms with E-state index in [1.54, 1.807) is 19.1 Å². The number of hydrogen-bond acceptors (Lipinski definition) is 7. The number of benzene rings is 3. The summed E-state index contributed by atoms with van der Waals surface area (Å²) < 4.78 is 31.7. The maximum Gasteiger partial charge on any atom is 0.331 e. The molecule has 1 unspecified atom stereocenters. The predicted molar refractivity (Wildman–Crippen MR) is 164 cm³/mol. The van der Waals surface area contributed by atoms with Crippen molar-refractivity contribution in [2.45, 2.75) is 39.5 Å². The molecule has 1 atom stereocenters. The number of anilines is 1. The fourth-order valence-electron chi connectivity index (χ4n) is 5.79. The summed E-state index contributed by atoms with van der Waals surface area (Å²) in [6.07, 6.45) is 0. The van der Waals surface area contributed by atoms with Gasteiger partial charge in [-0.25, -0.2) is 13.6 Å². The molecule has 1 aliphatic rings. The molecular weight excluding hydrogens is 570 g/mol. The van der Waals surface area contributed by atoms with Gasteiger partial charge in [-0.15, -0.1) is 0 Å². The lowest BCUT2D eigenvalue weighted by Crippen LogP contribution is -2.51. The molecule has 44 heavy (non-hydrogen) atoms. The number of aryl methyl sites for hydroxylation is 1. The molecule has 4 aromatic rings. The van der Waals surface area contributed by atoms with Crippen LogP contribution in [-0.4, -0.2) is 45.1 Å². The minimum absolute atomic E-state index is 0.0229.